The van der Waals surface area contributed by atoms with Gasteiger partial charge in [0.1, 0.15) is 18.1 Å². The molecule has 46 heavy (non-hydrogen) atoms. The first-order chi connectivity index (χ1) is 22.3. The number of aryl methyl sites for hydroxylation is 1. The predicted octanol–water partition coefficient (Wildman–Crippen LogP) is 4.61. The van der Waals surface area contributed by atoms with Gasteiger partial charge in [-0.25, -0.2) is 4.98 Å². The molecule has 1 aromatic carbocycles. The summed E-state index contributed by atoms with van der Waals surface area (Å²) in [6.45, 7) is 2.65. The van der Waals surface area contributed by atoms with Gasteiger partial charge in [-0.3, -0.25) is 19.7 Å². The van der Waals surface area contributed by atoms with E-state index in [1.807, 2.05) is 38.4 Å². The molecular weight excluding hydrogens is 578 g/mol. The second-order valence-electron chi connectivity index (χ2n) is 13.2. The SMILES string of the molecule is Cc1cc(C[C@H]2NC(=O)c3cnc4c(c3)C[C@]3(C4)c4cc(cnc4NC3O)/C=C/CCCCCCCN(C)C2=O)cc2cn[nH]c12. The van der Waals surface area contributed by atoms with Crippen LogP contribution >= 0.6 is 0 Å². The van der Waals surface area contributed by atoms with E-state index in [9.17, 15) is 14.7 Å². The van der Waals surface area contributed by atoms with Crippen molar-refractivity contribution in [2.75, 3.05) is 18.9 Å². The molecule has 10 heteroatoms. The van der Waals surface area contributed by atoms with Crippen molar-refractivity contribution in [2.24, 2.45) is 0 Å². The number of aliphatic hydroxyl groups excluding tert-OH is 1. The van der Waals surface area contributed by atoms with Crippen molar-refractivity contribution < 1.29 is 14.7 Å². The standard InChI is InChI=1S/C36H41N7O3/c1-22-12-24(13-26-21-39-42-31(22)26)15-29-34(45)43(2)11-9-7-5-3-4-6-8-10-23-14-28-32(38-19-23)41-35(46)36(28)17-25-16-27(33(44)40-29)20-37-30(25)18-36/h8,10,12-14,16,19-21,29,35,46H,3-7,9,11,15,17-18H2,1-2H3,(H,38,41)(H,39,42)(H,40,44)/b10-8+/t29-,35?,36+/m1/s1. The summed E-state index contributed by atoms with van der Waals surface area (Å²) in [6, 6.07) is 7.32. The Labute approximate surface area is 268 Å². The highest BCUT2D eigenvalue weighted by Gasteiger charge is 2.51. The van der Waals surface area contributed by atoms with E-state index in [1.54, 1.807) is 17.3 Å². The summed E-state index contributed by atoms with van der Waals surface area (Å²) in [5, 5.41) is 25.7. The fraction of sp³-hybridized carbons (Fsp3) is 0.417. The van der Waals surface area contributed by atoms with Crippen LogP contribution in [0.15, 0.2) is 48.9 Å². The zero-order valence-electron chi connectivity index (χ0n) is 26.5. The monoisotopic (exact) mass is 619 g/mol. The van der Waals surface area contributed by atoms with E-state index in [1.165, 1.54) is 0 Å². The smallest absolute Gasteiger partial charge is 0.253 e. The number of pyridine rings is 2. The van der Waals surface area contributed by atoms with Crippen LogP contribution in [0.5, 0.6) is 0 Å². The molecule has 0 saturated heterocycles. The minimum atomic E-state index is -0.820. The summed E-state index contributed by atoms with van der Waals surface area (Å²) in [4.78, 5) is 38.8. The van der Waals surface area contributed by atoms with Gasteiger partial charge in [0.2, 0.25) is 5.91 Å². The molecule has 10 nitrogen and oxygen atoms in total. The number of rotatable bonds is 2. The van der Waals surface area contributed by atoms with E-state index in [2.05, 4.69) is 44.0 Å². The normalized spacial score (nSPS) is 24.4. The number of aromatic nitrogens is 4. The van der Waals surface area contributed by atoms with Crippen LogP contribution in [-0.2, 0) is 29.5 Å². The Morgan fingerprint density at radius 1 is 0.978 bits per heavy atom. The third-order valence-corrected chi connectivity index (χ3v) is 9.95. The zero-order valence-corrected chi connectivity index (χ0v) is 26.5. The lowest BCUT2D eigenvalue weighted by Crippen LogP contribution is -2.48. The lowest BCUT2D eigenvalue weighted by atomic mass is 9.78. The van der Waals surface area contributed by atoms with Gasteiger partial charge in [0.15, 0.2) is 0 Å². The molecule has 0 fully saturated rings. The van der Waals surface area contributed by atoms with E-state index in [-0.39, 0.29) is 11.8 Å². The van der Waals surface area contributed by atoms with Crippen molar-refractivity contribution in [3.63, 3.8) is 0 Å². The number of nitrogens with one attached hydrogen (secondary N) is 3. The van der Waals surface area contributed by atoms with Crippen LogP contribution < -0.4 is 10.6 Å². The van der Waals surface area contributed by atoms with Crippen LogP contribution in [0.2, 0.25) is 0 Å². The Morgan fingerprint density at radius 2 is 1.83 bits per heavy atom. The topological polar surface area (TPSA) is 136 Å². The number of hydrogen-bond acceptors (Lipinski definition) is 7. The van der Waals surface area contributed by atoms with Gasteiger partial charge >= 0.3 is 0 Å². The molecule has 1 spiro atoms. The molecular formula is C36H41N7O3. The van der Waals surface area contributed by atoms with E-state index >= 15 is 0 Å². The Kier molecular flexibility index (Phi) is 8.06. The molecule has 4 N–H and O–H groups in total. The van der Waals surface area contributed by atoms with Gasteiger partial charge in [-0.1, -0.05) is 37.5 Å². The molecule has 2 amide bonds. The average Bonchev–Trinajstić information content (AvgIpc) is 3.75. The number of fused-ring (bicyclic) bond motifs is 3. The zero-order chi connectivity index (χ0) is 31.8. The maximum atomic E-state index is 13.9. The first kappa shape index (κ1) is 30.1. The number of allylic oxidation sites excluding steroid dienone is 1. The van der Waals surface area contributed by atoms with Crippen molar-refractivity contribution in [3.8, 4) is 0 Å². The minimum Gasteiger partial charge on any atom is -0.373 e. The van der Waals surface area contributed by atoms with Crippen LogP contribution in [0.25, 0.3) is 17.0 Å². The number of carbonyl (C=O) groups excluding carboxylic acids is 2. The highest BCUT2D eigenvalue weighted by Crippen LogP contribution is 2.48. The van der Waals surface area contributed by atoms with Gasteiger partial charge in [0, 0.05) is 55.5 Å². The van der Waals surface area contributed by atoms with Crippen LogP contribution in [-0.4, -0.2) is 67.8 Å². The molecule has 5 bridgehead atoms. The number of aromatic amines is 1. The summed E-state index contributed by atoms with van der Waals surface area (Å²) in [5.74, 6) is 0.240. The largest absolute Gasteiger partial charge is 0.373 e. The van der Waals surface area contributed by atoms with E-state index in [4.69, 9.17) is 4.98 Å². The Hall–Kier alpha value is -4.57. The van der Waals surface area contributed by atoms with E-state index in [0.717, 1.165) is 82.9 Å². The lowest BCUT2D eigenvalue weighted by Gasteiger charge is -2.27. The number of carbonyl (C=O) groups is 2. The maximum Gasteiger partial charge on any atom is 0.253 e. The average molecular weight is 620 g/mol. The molecule has 4 aromatic rings. The molecule has 2 aliphatic heterocycles. The molecule has 3 aliphatic rings. The van der Waals surface area contributed by atoms with Crippen molar-refractivity contribution in [2.45, 2.75) is 82.4 Å². The Morgan fingerprint density at radius 3 is 2.72 bits per heavy atom. The summed E-state index contributed by atoms with van der Waals surface area (Å²) in [6.07, 6.45) is 16.4. The van der Waals surface area contributed by atoms with Crippen molar-refractivity contribution in [3.05, 3.63) is 88.0 Å². The molecule has 3 aromatic heterocycles. The summed E-state index contributed by atoms with van der Waals surface area (Å²) in [5.41, 5.74) is 6.52. The van der Waals surface area contributed by atoms with Crippen molar-refractivity contribution in [1.29, 1.82) is 0 Å². The first-order valence-electron chi connectivity index (χ1n) is 16.4. The van der Waals surface area contributed by atoms with Crippen LogP contribution in [0.3, 0.4) is 0 Å². The van der Waals surface area contributed by atoms with Crippen molar-refractivity contribution >= 4 is 34.6 Å². The molecule has 238 valence electrons. The van der Waals surface area contributed by atoms with Crippen LogP contribution in [0, 0.1) is 6.92 Å². The number of H-pyrrole nitrogens is 1. The predicted molar refractivity (Wildman–Crippen MR) is 177 cm³/mol. The molecule has 1 aliphatic carbocycles. The number of amides is 2. The highest BCUT2D eigenvalue weighted by molar-refractivity contribution is 5.97. The fourth-order valence-corrected chi connectivity index (χ4v) is 7.39. The van der Waals surface area contributed by atoms with Crippen LogP contribution in [0.4, 0.5) is 5.82 Å². The highest BCUT2D eigenvalue weighted by atomic mass is 16.3. The van der Waals surface area contributed by atoms with Crippen molar-refractivity contribution in [1.82, 2.24) is 30.4 Å². The Bertz CT molecular complexity index is 1830. The second kappa shape index (κ2) is 12.3. The van der Waals surface area contributed by atoms with Gasteiger partial charge in [-0.2, -0.15) is 5.10 Å². The first-order valence-corrected chi connectivity index (χ1v) is 16.4. The number of likely N-dealkylation sites (N-methyl/N-ethyl adjacent to an activating group) is 1. The summed E-state index contributed by atoms with van der Waals surface area (Å²) < 4.78 is 0. The Balaban J connectivity index is 1.20. The summed E-state index contributed by atoms with van der Waals surface area (Å²) >= 11 is 0. The molecule has 0 saturated carbocycles. The number of nitrogens with zero attached hydrogens (tertiary/aromatic N) is 4. The fourth-order valence-electron chi connectivity index (χ4n) is 7.39. The van der Waals surface area contributed by atoms with Gasteiger partial charge in [-0.05, 0) is 73.1 Å². The molecule has 1 unspecified atom stereocenters. The third kappa shape index (κ3) is 5.66. The molecule has 7 rings (SSSR count). The number of anilines is 1. The minimum absolute atomic E-state index is 0.112. The number of aliphatic hydroxyl groups is 1. The van der Waals surface area contributed by atoms with Gasteiger partial charge in [0.25, 0.3) is 5.91 Å². The number of hydrogen-bond donors (Lipinski definition) is 4. The molecule has 3 atom stereocenters. The molecule has 0 radical (unpaired) electrons. The van der Waals surface area contributed by atoms with Gasteiger partial charge in [0.05, 0.1) is 22.7 Å². The quantitative estimate of drug-likeness (QED) is 0.257. The van der Waals surface area contributed by atoms with Gasteiger partial charge < -0.3 is 20.6 Å². The van der Waals surface area contributed by atoms with E-state index < -0.39 is 17.7 Å². The molecule has 5 heterocycles. The van der Waals surface area contributed by atoms with Gasteiger partial charge in [-0.15, -0.1) is 0 Å². The number of benzene rings is 1. The van der Waals surface area contributed by atoms with E-state index in [0.29, 0.717) is 37.2 Å². The lowest BCUT2D eigenvalue weighted by molar-refractivity contribution is -0.132. The maximum absolute atomic E-state index is 13.9. The summed E-state index contributed by atoms with van der Waals surface area (Å²) in [7, 11) is 1.82. The third-order valence-electron chi connectivity index (χ3n) is 9.95. The second-order valence-corrected chi connectivity index (χ2v) is 13.2. The van der Waals surface area contributed by atoms with Crippen LogP contribution in [0.1, 0.15) is 82.4 Å².